The Morgan fingerprint density at radius 3 is 1.31 bits per heavy atom. The largest absolute Gasteiger partial charge is 0.498 e. The topological polar surface area (TPSA) is 428 Å². The maximum absolute atomic E-state index is 13.6. The molecule has 18 rings (SSSR count). The van der Waals surface area contributed by atoms with Crippen molar-refractivity contribution in [3.8, 4) is 44.6 Å². The SMILES string of the molecule is CCOC(=O)Nc1c(C(=O)OCC)oc2cc(C)c(-c3cnn(C)c3)cc12.CCOC(=O)Nc1c(C(=O)OCC)oc2cc(C)c(Br)cc12.CCOC(=O)c1oc2cc(C)c(-c3cnn(C)c3)cc2c1N(C(=O)OCC)[C@H]1CCO[C@@H](CC)C1.CC[C@H]1C[C@@H](n2c(=O)nc(-c3cnn(C)c3)c3oc4cc(C)c(-c5cnn(C)c5)cc4c32)CCO1.CC[C@H]1C[C@H](O)CCO1.Cn1cc(B2OC(C)(C)C(C)(C)O2)cn1. The van der Waals surface area contributed by atoms with Gasteiger partial charge in [0, 0.05) is 158 Å². The molecule has 0 saturated carbocycles. The zero-order valence-electron chi connectivity index (χ0n) is 85.3. The first-order chi connectivity index (χ1) is 68.3. The molecule has 0 spiro atoms. The Bertz CT molecular complexity index is 6910. The first-order valence-electron chi connectivity index (χ1n) is 48.4. The minimum atomic E-state index is -0.672. The van der Waals surface area contributed by atoms with Gasteiger partial charge in [-0.1, -0.05) is 36.7 Å². The maximum Gasteiger partial charge on any atom is 0.498 e. The van der Waals surface area contributed by atoms with E-state index < -0.39 is 36.2 Å². The van der Waals surface area contributed by atoms with Crippen molar-refractivity contribution in [1.29, 1.82) is 0 Å². The Hall–Kier alpha value is -13.2. The van der Waals surface area contributed by atoms with E-state index in [2.05, 4.69) is 90.8 Å². The molecule has 4 aliphatic rings. The Kier molecular flexibility index (Phi) is 35.4. The van der Waals surface area contributed by atoms with Gasteiger partial charge in [0.25, 0.3) is 0 Å². The second-order valence-corrected chi connectivity index (χ2v) is 37.0. The van der Waals surface area contributed by atoms with Crippen molar-refractivity contribution in [2.75, 3.05) is 75.0 Å². The van der Waals surface area contributed by atoms with Crippen molar-refractivity contribution in [2.45, 2.75) is 223 Å². The lowest BCUT2D eigenvalue weighted by atomic mass is 9.82. The summed E-state index contributed by atoms with van der Waals surface area (Å²) in [5.41, 5.74) is 15.5. The predicted octanol–water partition coefficient (Wildman–Crippen LogP) is 19.4. The number of aryl methyl sites for hydroxylation is 9. The monoisotopic (exact) mass is 2030 g/mol. The number of rotatable bonds is 22. The van der Waals surface area contributed by atoms with E-state index in [-0.39, 0.29) is 123 Å². The van der Waals surface area contributed by atoms with Gasteiger partial charge in [0.1, 0.15) is 50.6 Å². The highest BCUT2D eigenvalue weighted by Gasteiger charge is 2.52. The van der Waals surface area contributed by atoms with Crippen molar-refractivity contribution in [3.63, 3.8) is 0 Å². The quantitative estimate of drug-likeness (QED) is 0.0322. The van der Waals surface area contributed by atoms with Gasteiger partial charge in [0.05, 0.1) is 100 Å². The van der Waals surface area contributed by atoms with Gasteiger partial charge in [-0.05, 0) is 242 Å². The van der Waals surface area contributed by atoms with E-state index in [9.17, 15) is 33.6 Å². The Balaban J connectivity index is 0.000000150. The molecule has 10 aromatic heterocycles. The first-order valence-corrected chi connectivity index (χ1v) is 49.2. The molecule has 143 heavy (non-hydrogen) atoms. The van der Waals surface area contributed by atoms with Crippen molar-refractivity contribution in [1.82, 2.24) is 58.5 Å². The Morgan fingerprint density at radius 1 is 0.469 bits per heavy atom. The lowest BCUT2D eigenvalue weighted by Crippen LogP contribution is -2.46. The molecule has 3 N–H and O–H groups in total. The number of nitrogens with one attached hydrogen (secondary N) is 2. The molecular weight excluding hydrogens is 1910 g/mol. The number of ether oxygens (including phenoxy) is 9. The van der Waals surface area contributed by atoms with Crippen LogP contribution in [0.1, 0.15) is 208 Å². The average Bonchev–Trinajstić information content (AvgIpc) is 1.58. The molecule has 4 aliphatic heterocycles. The predicted molar refractivity (Wildman–Crippen MR) is 544 cm³/mol. The number of aliphatic hydroxyl groups excluding tert-OH is 1. The van der Waals surface area contributed by atoms with Crippen LogP contribution in [-0.4, -0.2) is 208 Å². The molecule has 4 fully saturated rings. The molecular formula is C103H129BBrN15O23. The molecule has 3 amide bonds. The minimum Gasteiger partial charge on any atom is -0.460 e. The number of hydrogen-bond acceptors (Lipinski definition) is 29. The number of anilines is 3. The van der Waals surface area contributed by atoms with Crippen LogP contribution in [0.4, 0.5) is 31.4 Å². The summed E-state index contributed by atoms with van der Waals surface area (Å²) in [6, 6.07) is 15.0. The zero-order chi connectivity index (χ0) is 103. The molecule has 0 aliphatic carbocycles. The standard InChI is InChI=1S/C26H28N6O3.C26H33N3O6.C19H21N3O5.C15H16BrNO5.C10H17BN2O2.C7H14O2/c1-5-19-9-18(6-7-34-19)32-24-21-10-20(16-11-27-30(3)13-16)15(2)8-22(21)35-25(24)23(29-26(32)33)17-12-28-31(4)14-17;1-6-19-12-18(9-10-34-19)29(26(31)33-8-3)23-21-13-20(17-14-27-28(5)15-17)16(4)11-22(21)35-24(23)25(30)32-7-2;1-5-25-18(23)17-16(21-19(24)26-6-2)14-8-13(11(3)7-15(14)27-17)12-9-20-22(4)10-12;1-4-20-14(18)13-12(17-15(19)21-5-2)9-7-10(16)8(3)6-11(9)22-13;1-9(2)10(3,4)15-11(14-9)8-6-12-13(5)7-8;1-2-7-5-6(8)3-4-9-7/h8,10-14,18-19H,5-7,9H2,1-4H3;11,13-15,18-19H,6-10,12H2,1-5H3;7-10H,5-6H2,1-4H3,(H,21,24);6-7H,4-5H2,1-3H3,(H,17,19);6-7H,1-5H3;6-8H,2-5H2,1H3/t2*18-,19-;;;;6-,7+/m00...1/s1. The van der Waals surface area contributed by atoms with Crippen molar-refractivity contribution in [3.05, 3.63) is 165 Å². The van der Waals surface area contributed by atoms with Gasteiger partial charge in [-0.15, -0.1) is 0 Å². The number of carbonyl (C=O) groups excluding carboxylic acids is 6. The van der Waals surface area contributed by atoms with E-state index in [4.69, 9.17) is 74.7 Å². The van der Waals surface area contributed by atoms with Crippen LogP contribution in [0.3, 0.4) is 0 Å². The van der Waals surface area contributed by atoms with Crippen LogP contribution in [0.2, 0.25) is 0 Å². The molecule has 764 valence electrons. The molecule has 0 unspecified atom stereocenters. The Morgan fingerprint density at radius 2 is 0.867 bits per heavy atom. The Labute approximate surface area is 837 Å². The van der Waals surface area contributed by atoms with Crippen molar-refractivity contribution in [2.24, 2.45) is 35.2 Å². The number of esters is 3. The number of fused-ring (bicyclic) bond motifs is 6. The highest BCUT2D eigenvalue weighted by atomic mass is 79.9. The summed E-state index contributed by atoms with van der Waals surface area (Å²) in [6.45, 7) is 35.7. The molecule has 0 radical (unpaired) electrons. The number of nitrogens with zero attached hydrogens (tertiary/aromatic N) is 13. The van der Waals surface area contributed by atoms with E-state index in [0.717, 1.165) is 139 Å². The van der Waals surface area contributed by atoms with Gasteiger partial charge in [0.2, 0.25) is 17.3 Å². The second-order valence-electron chi connectivity index (χ2n) is 36.2. The van der Waals surface area contributed by atoms with Crippen LogP contribution < -0.4 is 26.7 Å². The van der Waals surface area contributed by atoms with Crippen LogP contribution in [0.5, 0.6) is 0 Å². The lowest BCUT2D eigenvalue weighted by molar-refractivity contribution is -0.0441. The number of furan rings is 4. The summed E-state index contributed by atoms with van der Waals surface area (Å²) in [6.07, 6.45) is 24.1. The van der Waals surface area contributed by atoms with E-state index >= 15 is 0 Å². The molecule has 14 heterocycles. The van der Waals surface area contributed by atoms with Crippen LogP contribution in [0, 0.1) is 27.7 Å². The summed E-state index contributed by atoms with van der Waals surface area (Å²) < 4.78 is 94.6. The summed E-state index contributed by atoms with van der Waals surface area (Å²) in [5.74, 6) is -2.03. The third-order valence-electron chi connectivity index (χ3n) is 25.4. The average molecular weight is 2040 g/mol. The highest BCUT2D eigenvalue weighted by Crippen LogP contribution is 2.46. The number of hydrogen-bond donors (Lipinski definition) is 3. The fourth-order valence-electron chi connectivity index (χ4n) is 17.4. The molecule has 4 aromatic carbocycles. The molecule has 0 bridgehead atoms. The third-order valence-corrected chi connectivity index (χ3v) is 26.2. The third kappa shape index (κ3) is 24.8. The number of carbonyl (C=O) groups is 6. The van der Waals surface area contributed by atoms with Gasteiger partial charge >= 0.3 is 49.0 Å². The van der Waals surface area contributed by atoms with E-state index in [1.54, 1.807) is 107 Å². The molecule has 6 atom stereocenters. The van der Waals surface area contributed by atoms with Gasteiger partial charge in [-0.25, -0.2) is 33.6 Å². The molecule has 4 saturated heterocycles. The van der Waals surface area contributed by atoms with Crippen molar-refractivity contribution >= 4 is 137 Å². The highest BCUT2D eigenvalue weighted by molar-refractivity contribution is 9.10. The van der Waals surface area contributed by atoms with E-state index in [1.807, 2.05) is 156 Å². The fourth-order valence-corrected chi connectivity index (χ4v) is 17.8. The smallest absolute Gasteiger partial charge is 0.460 e. The van der Waals surface area contributed by atoms with Gasteiger partial charge in [0.15, 0.2) is 5.58 Å². The fraction of sp³-hybridized carbons (Fsp3) is 0.466. The lowest BCUT2D eigenvalue weighted by Gasteiger charge is -2.36. The summed E-state index contributed by atoms with van der Waals surface area (Å²) in [5, 5.41) is 38.2. The normalized spacial score (nSPS) is 17.4. The van der Waals surface area contributed by atoms with Crippen LogP contribution in [0.15, 0.2) is 137 Å². The van der Waals surface area contributed by atoms with Gasteiger partial charge in [-0.3, -0.25) is 43.5 Å². The molecule has 38 nitrogen and oxygen atoms in total. The number of benzene rings is 4. The second kappa shape index (κ2) is 47.3. The van der Waals surface area contributed by atoms with Crippen LogP contribution >= 0.6 is 15.9 Å². The zero-order valence-corrected chi connectivity index (χ0v) is 86.9. The number of aromatic nitrogens is 12. The number of halogens is 1. The number of aliphatic hydroxyl groups is 1. The van der Waals surface area contributed by atoms with E-state index in [0.29, 0.717) is 82.0 Å². The molecule has 14 aromatic rings. The van der Waals surface area contributed by atoms with Gasteiger partial charge in [-0.2, -0.15) is 30.5 Å². The van der Waals surface area contributed by atoms with Crippen LogP contribution in [0.25, 0.3) is 99.6 Å². The van der Waals surface area contributed by atoms with Crippen LogP contribution in [-0.2, 0) is 87.2 Å². The van der Waals surface area contributed by atoms with Crippen molar-refractivity contribution < 1.29 is 103 Å². The minimum absolute atomic E-state index is 0.00261. The summed E-state index contributed by atoms with van der Waals surface area (Å²) in [4.78, 5) is 94.1. The first kappa shape index (κ1) is 107. The van der Waals surface area contributed by atoms with Gasteiger partial charge < -0.3 is 74.7 Å². The van der Waals surface area contributed by atoms with E-state index in [1.165, 1.54) is 0 Å². The maximum atomic E-state index is 13.6. The summed E-state index contributed by atoms with van der Waals surface area (Å²) in [7, 11) is 9.03. The molecule has 40 heteroatoms. The summed E-state index contributed by atoms with van der Waals surface area (Å²) >= 11 is 3.42. The number of amides is 3.